The van der Waals surface area contributed by atoms with Gasteiger partial charge in [0.2, 0.25) is 15.9 Å². The van der Waals surface area contributed by atoms with Crippen molar-refractivity contribution in [3.63, 3.8) is 0 Å². The number of aryl methyl sites for hydroxylation is 2. The largest absolute Gasteiger partial charge is 0.324 e. The molecule has 1 aliphatic heterocycles. The minimum Gasteiger partial charge on any atom is -0.324 e. The summed E-state index contributed by atoms with van der Waals surface area (Å²) in [5.74, 6) is -0.288. The number of para-hydroxylation sites is 1. The van der Waals surface area contributed by atoms with Crippen molar-refractivity contribution in [2.24, 2.45) is 5.92 Å². The Hall–Kier alpha value is -2.77. The van der Waals surface area contributed by atoms with Gasteiger partial charge >= 0.3 is 0 Å². The van der Waals surface area contributed by atoms with E-state index in [1.165, 1.54) is 16.3 Å². The van der Waals surface area contributed by atoms with E-state index in [4.69, 9.17) is 0 Å². The summed E-state index contributed by atoms with van der Waals surface area (Å²) in [5, 5.41) is 3.92. The van der Waals surface area contributed by atoms with Crippen LogP contribution in [0.1, 0.15) is 36.8 Å². The van der Waals surface area contributed by atoms with Crippen LogP contribution in [0.15, 0.2) is 59.6 Å². The zero-order chi connectivity index (χ0) is 22.1. The lowest BCUT2D eigenvalue weighted by atomic mass is 9.92. The van der Waals surface area contributed by atoms with E-state index in [0.29, 0.717) is 36.5 Å². The fourth-order valence-electron chi connectivity index (χ4n) is 4.76. The first-order valence-electron chi connectivity index (χ1n) is 11.3. The number of pyridine rings is 1. The Morgan fingerprint density at radius 2 is 1.72 bits per heavy atom. The van der Waals surface area contributed by atoms with Crippen LogP contribution in [0.5, 0.6) is 0 Å². The second kappa shape index (κ2) is 8.64. The Morgan fingerprint density at radius 3 is 2.53 bits per heavy atom. The molecule has 2 aliphatic rings. The van der Waals surface area contributed by atoms with Crippen LogP contribution in [0.3, 0.4) is 0 Å². The van der Waals surface area contributed by atoms with Crippen LogP contribution in [-0.2, 0) is 27.7 Å². The fraction of sp³-hybridized carbons (Fsp3) is 0.360. The summed E-state index contributed by atoms with van der Waals surface area (Å²) < 4.78 is 27.9. The first-order valence-corrected chi connectivity index (χ1v) is 12.7. The quantitative estimate of drug-likeness (QED) is 0.649. The molecule has 0 unspecified atom stereocenters. The van der Waals surface area contributed by atoms with Gasteiger partial charge in [-0.2, -0.15) is 4.31 Å². The number of aromatic nitrogens is 1. The maximum Gasteiger partial charge on any atom is 0.243 e. The van der Waals surface area contributed by atoms with Gasteiger partial charge in [-0.1, -0.05) is 24.3 Å². The van der Waals surface area contributed by atoms with Crippen molar-refractivity contribution in [3.8, 4) is 0 Å². The lowest BCUT2D eigenvalue weighted by Crippen LogP contribution is -2.41. The van der Waals surface area contributed by atoms with Gasteiger partial charge in [0.25, 0.3) is 0 Å². The number of fused-ring (bicyclic) bond motifs is 2. The fourth-order valence-corrected chi connectivity index (χ4v) is 6.28. The summed E-state index contributed by atoms with van der Waals surface area (Å²) in [6, 6.07) is 15.2. The van der Waals surface area contributed by atoms with Crippen molar-refractivity contribution in [3.05, 3.63) is 65.9 Å². The number of amides is 1. The molecule has 7 heteroatoms. The third kappa shape index (κ3) is 4.14. The van der Waals surface area contributed by atoms with Crippen molar-refractivity contribution >= 4 is 32.5 Å². The van der Waals surface area contributed by atoms with Crippen LogP contribution in [0.4, 0.5) is 5.69 Å². The maximum absolute atomic E-state index is 13.2. The second-order valence-corrected chi connectivity index (χ2v) is 10.7. The number of nitrogens with zero attached hydrogens (tertiary/aromatic N) is 2. The number of hydrogen-bond donors (Lipinski definition) is 1. The Kier molecular flexibility index (Phi) is 5.69. The molecule has 1 aliphatic carbocycles. The molecule has 1 saturated heterocycles. The van der Waals surface area contributed by atoms with Gasteiger partial charge < -0.3 is 5.32 Å². The number of sulfonamides is 1. The van der Waals surface area contributed by atoms with E-state index in [9.17, 15) is 13.2 Å². The highest BCUT2D eigenvalue weighted by Gasteiger charge is 2.32. The average Bonchev–Trinajstić information content (AvgIpc) is 2.83. The Balaban J connectivity index is 1.23. The minimum atomic E-state index is -3.54. The Bertz CT molecular complexity index is 1260. The van der Waals surface area contributed by atoms with Crippen LogP contribution >= 0.6 is 0 Å². The number of carbonyl (C=O) groups is 1. The highest BCUT2D eigenvalue weighted by Crippen LogP contribution is 2.28. The number of anilines is 1. The third-order valence-corrected chi connectivity index (χ3v) is 8.54. The van der Waals surface area contributed by atoms with Crippen LogP contribution < -0.4 is 5.32 Å². The second-order valence-electron chi connectivity index (χ2n) is 8.72. The van der Waals surface area contributed by atoms with Gasteiger partial charge in [0.1, 0.15) is 0 Å². The molecule has 2 heterocycles. The molecule has 32 heavy (non-hydrogen) atoms. The molecule has 0 atom stereocenters. The summed E-state index contributed by atoms with van der Waals surface area (Å²) in [6.45, 7) is 0.709. The molecule has 1 N–H and O–H groups in total. The molecule has 0 spiro atoms. The molecule has 6 nitrogen and oxygen atoms in total. The normalized spacial score (nSPS) is 17.8. The topological polar surface area (TPSA) is 79.4 Å². The van der Waals surface area contributed by atoms with E-state index in [-0.39, 0.29) is 11.8 Å². The van der Waals surface area contributed by atoms with E-state index in [0.717, 1.165) is 35.7 Å². The smallest absolute Gasteiger partial charge is 0.243 e. The predicted octanol–water partition coefficient (Wildman–Crippen LogP) is 4.15. The van der Waals surface area contributed by atoms with Gasteiger partial charge in [-0.3, -0.25) is 9.78 Å². The molecule has 0 bridgehead atoms. The summed E-state index contributed by atoms with van der Waals surface area (Å²) in [5.41, 5.74) is 3.98. The molecule has 1 aromatic heterocycles. The number of piperidine rings is 1. The average molecular weight is 450 g/mol. The molecule has 2 aromatic carbocycles. The molecule has 5 rings (SSSR count). The van der Waals surface area contributed by atoms with E-state index in [2.05, 4.69) is 10.3 Å². The monoisotopic (exact) mass is 449 g/mol. The lowest BCUT2D eigenvalue weighted by Gasteiger charge is -2.31. The van der Waals surface area contributed by atoms with Crippen LogP contribution in [0.2, 0.25) is 0 Å². The Morgan fingerprint density at radius 1 is 0.969 bits per heavy atom. The molecular formula is C25H27N3O3S. The van der Waals surface area contributed by atoms with Crippen molar-refractivity contribution in [1.29, 1.82) is 0 Å². The number of hydrogen-bond acceptors (Lipinski definition) is 4. The zero-order valence-corrected chi connectivity index (χ0v) is 18.8. The maximum atomic E-state index is 13.2. The van der Waals surface area contributed by atoms with Gasteiger partial charge in [0.05, 0.1) is 22.3 Å². The van der Waals surface area contributed by atoms with Gasteiger partial charge in [-0.05, 0) is 73.9 Å². The molecule has 3 aromatic rings. The predicted molar refractivity (Wildman–Crippen MR) is 125 cm³/mol. The summed E-state index contributed by atoms with van der Waals surface area (Å²) in [6.07, 6.45) is 6.95. The van der Waals surface area contributed by atoms with Gasteiger partial charge in [0.15, 0.2) is 0 Å². The van der Waals surface area contributed by atoms with Gasteiger partial charge in [-0.25, -0.2) is 8.42 Å². The Labute approximate surface area is 188 Å². The number of nitrogens with one attached hydrogen (secondary N) is 1. The van der Waals surface area contributed by atoms with E-state index >= 15 is 0 Å². The van der Waals surface area contributed by atoms with E-state index < -0.39 is 10.0 Å². The molecule has 0 radical (unpaired) electrons. The molecular weight excluding hydrogens is 422 g/mol. The molecule has 1 amide bonds. The van der Waals surface area contributed by atoms with Crippen molar-refractivity contribution in [2.45, 2.75) is 43.4 Å². The zero-order valence-electron chi connectivity index (χ0n) is 18.0. The first-order chi connectivity index (χ1) is 15.5. The third-order valence-electron chi connectivity index (χ3n) is 6.64. The minimum absolute atomic E-state index is 0.0760. The van der Waals surface area contributed by atoms with Gasteiger partial charge in [0, 0.05) is 24.4 Å². The van der Waals surface area contributed by atoms with Crippen LogP contribution in [0, 0.1) is 5.92 Å². The highest BCUT2D eigenvalue weighted by molar-refractivity contribution is 7.89. The summed E-state index contributed by atoms with van der Waals surface area (Å²) >= 11 is 0. The molecule has 166 valence electrons. The van der Waals surface area contributed by atoms with Crippen molar-refractivity contribution in [1.82, 2.24) is 9.29 Å². The van der Waals surface area contributed by atoms with E-state index in [1.54, 1.807) is 12.3 Å². The summed E-state index contributed by atoms with van der Waals surface area (Å²) in [7, 11) is -3.54. The molecule has 0 saturated carbocycles. The molecule has 1 fully saturated rings. The van der Waals surface area contributed by atoms with Crippen LogP contribution in [0.25, 0.3) is 10.9 Å². The van der Waals surface area contributed by atoms with Crippen molar-refractivity contribution < 1.29 is 13.2 Å². The number of carbonyl (C=O) groups excluding carboxylic acids is 1. The number of rotatable bonds is 4. The highest BCUT2D eigenvalue weighted by atomic mass is 32.2. The SMILES string of the molecule is O=C(Nc1cnc2ccccc2c1)C1CCN(S(=O)(=O)c2ccc3c(c2)CCCC3)CC1. The lowest BCUT2D eigenvalue weighted by molar-refractivity contribution is -0.120. The van der Waals surface area contributed by atoms with Gasteiger partial charge in [-0.15, -0.1) is 0 Å². The van der Waals surface area contributed by atoms with Crippen molar-refractivity contribution in [2.75, 3.05) is 18.4 Å². The first kappa shape index (κ1) is 21.1. The van der Waals surface area contributed by atoms with E-state index in [1.807, 2.05) is 42.5 Å². The standard InChI is InChI=1S/C25H27N3O3S/c29-25(27-22-15-21-7-3-4-8-24(21)26-17-22)19-11-13-28(14-12-19)32(30,31)23-10-9-18-5-1-2-6-20(18)16-23/h3-4,7-10,15-17,19H,1-2,5-6,11-14H2,(H,27,29). The number of benzene rings is 2. The summed E-state index contributed by atoms with van der Waals surface area (Å²) in [4.78, 5) is 17.5. The van der Waals surface area contributed by atoms with Crippen LogP contribution in [-0.4, -0.2) is 36.7 Å².